The highest BCUT2D eigenvalue weighted by Gasteiger charge is 2.50. The average Bonchev–Trinajstić information content (AvgIpc) is 2.69. The van der Waals surface area contributed by atoms with Gasteiger partial charge in [-0.05, 0) is 38.7 Å². The van der Waals surface area contributed by atoms with Crippen molar-refractivity contribution in [2.75, 3.05) is 0 Å². The van der Waals surface area contributed by atoms with Gasteiger partial charge in [-0.2, -0.15) is 0 Å². The maximum absolute atomic E-state index is 13.9. The molecule has 3 aromatic carbocycles. The molecule has 144 valence electrons. The summed E-state index contributed by atoms with van der Waals surface area (Å²) in [5.74, 6) is -0.258. The lowest BCUT2D eigenvalue weighted by Gasteiger charge is -2.43. The van der Waals surface area contributed by atoms with Crippen LogP contribution in [0, 0.1) is 5.82 Å². The molecule has 0 fully saturated rings. The molecule has 0 aliphatic rings. The molecule has 0 saturated carbocycles. The van der Waals surface area contributed by atoms with Crippen LogP contribution in [0.25, 0.3) is 6.08 Å². The van der Waals surface area contributed by atoms with E-state index in [1.54, 1.807) is 18.2 Å². The summed E-state index contributed by atoms with van der Waals surface area (Å²) in [7, 11) is -2.64. The van der Waals surface area contributed by atoms with E-state index in [1.165, 1.54) is 16.4 Å². The summed E-state index contributed by atoms with van der Waals surface area (Å²) in [6, 6.07) is 25.7. The van der Waals surface area contributed by atoms with Gasteiger partial charge >= 0.3 is 0 Å². The van der Waals surface area contributed by atoms with Crippen LogP contribution in [-0.4, -0.2) is 8.32 Å². The summed E-state index contributed by atoms with van der Waals surface area (Å²) in [4.78, 5) is 0. The van der Waals surface area contributed by atoms with E-state index in [2.05, 4.69) is 75.9 Å². The second kappa shape index (κ2) is 8.25. The summed E-state index contributed by atoms with van der Waals surface area (Å²) in [6.45, 7) is 10.9. The smallest absolute Gasteiger partial charge is 0.261 e. The van der Waals surface area contributed by atoms with Crippen LogP contribution in [0.2, 0.25) is 5.04 Å². The zero-order valence-electron chi connectivity index (χ0n) is 16.8. The highest BCUT2D eigenvalue weighted by atomic mass is 28.4. The van der Waals surface area contributed by atoms with Crippen LogP contribution in [0.4, 0.5) is 4.39 Å². The molecule has 0 radical (unpaired) electrons. The molecule has 3 rings (SSSR count). The van der Waals surface area contributed by atoms with Gasteiger partial charge in [0.15, 0.2) is 0 Å². The number of hydrogen-bond acceptors (Lipinski definition) is 1. The average molecular weight is 391 g/mol. The van der Waals surface area contributed by atoms with Gasteiger partial charge < -0.3 is 4.43 Å². The SMILES string of the molecule is C=Cc1ccc(F)cc1CO[Si](c1ccccc1)(c1ccccc1)C(C)(C)C. The molecule has 0 aromatic heterocycles. The number of hydrogen-bond donors (Lipinski definition) is 0. The van der Waals surface area contributed by atoms with E-state index in [4.69, 9.17) is 4.43 Å². The predicted octanol–water partition coefficient (Wildman–Crippen LogP) is 5.55. The molecule has 0 atom stereocenters. The largest absolute Gasteiger partial charge is 0.403 e. The molecule has 1 nitrogen and oxygen atoms in total. The third kappa shape index (κ3) is 3.86. The van der Waals surface area contributed by atoms with Crippen molar-refractivity contribution in [2.45, 2.75) is 32.4 Å². The fourth-order valence-electron chi connectivity index (χ4n) is 3.85. The fraction of sp³-hybridized carbons (Fsp3) is 0.200. The minimum atomic E-state index is -2.64. The molecular weight excluding hydrogens is 363 g/mol. The second-order valence-corrected chi connectivity index (χ2v) is 12.3. The lowest BCUT2D eigenvalue weighted by atomic mass is 10.1. The zero-order chi connectivity index (χ0) is 20.2. The first-order chi connectivity index (χ1) is 13.4. The van der Waals surface area contributed by atoms with Crippen molar-refractivity contribution in [2.24, 2.45) is 0 Å². The van der Waals surface area contributed by atoms with Crippen molar-refractivity contribution in [3.63, 3.8) is 0 Å². The van der Waals surface area contributed by atoms with Crippen LogP contribution in [-0.2, 0) is 11.0 Å². The Morgan fingerprint density at radius 1 is 0.893 bits per heavy atom. The highest BCUT2D eigenvalue weighted by Crippen LogP contribution is 2.37. The van der Waals surface area contributed by atoms with Crippen LogP contribution in [0.15, 0.2) is 85.4 Å². The van der Waals surface area contributed by atoms with E-state index in [0.29, 0.717) is 6.61 Å². The monoisotopic (exact) mass is 390 g/mol. The van der Waals surface area contributed by atoms with Crippen molar-refractivity contribution in [1.82, 2.24) is 0 Å². The molecule has 0 bridgehead atoms. The summed E-state index contributed by atoms with van der Waals surface area (Å²) < 4.78 is 20.8. The molecule has 0 N–H and O–H groups in total. The van der Waals surface area contributed by atoms with Gasteiger partial charge in [-0.3, -0.25) is 0 Å². The van der Waals surface area contributed by atoms with Gasteiger partial charge in [-0.15, -0.1) is 0 Å². The van der Waals surface area contributed by atoms with Crippen LogP contribution < -0.4 is 10.4 Å². The van der Waals surface area contributed by atoms with E-state index >= 15 is 0 Å². The minimum Gasteiger partial charge on any atom is -0.403 e. The van der Waals surface area contributed by atoms with Gasteiger partial charge in [0.1, 0.15) is 5.82 Å². The van der Waals surface area contributed by atoms with Gasteiger partial charge in [0.05, 0.1) is 6.61 Å². The highest BCUT2D eigenvalue weighted by molar-refractivity contribution is 6.99. The second-order valence-electron chi connectivity index (χ2n) is 8.00. The molecule has 0 saturated heterocycles. The lowest BCUT2D eigenvalue weighted by Crippen LogP contribution is -2.66. The molecule has 0 unspecified atom stereocenters. The van der Waals surface area contributed by atoms with E-state index in [-0.39, 0.29) is 10.9 Å². The molecule has 0 spiro atoms. The summed E-state index contributed by atoms with van der Waals surface area (Å²) in [6.07, 6.45) is 1.75. The maximum Gasteiger partial charge on any atom is 0.261 e. The van der Waals surface area contributed by atoms with E-state index in [9.17, 15) is 4.39 Å². The van der Waals surface area contributed by atoms with Gasteiger partial charge in [-0.1, -0.05) is 100 Å². The summed E-state index contributed by atoms with van der Waals surface area (Å²) in [5, 5.41) is 2.31. The topological polar surface area (TPSA) is 9.23 Å². The third-order valence-electron chi connectivity index (χ3n) is 5.19. The van der Waals surface area contributed by atoms with E-state index < -0.39 is 8.32 Å². The Hall–Kier alpha value is -2.49. The predicted molar refractivity (Wildman–Crippen MR) is 119 cm³/mol. The Kier molecular flexibility index (Phi) is 5.97. The van der Waals surface area contributed by atoms with Crippen molar-refractivity contribution in [3.05, 3.63) is 102 Å². The zero-order valence-corrected chi connectivity index (χ0v) is 17.8. The first kappa shape index (κ1) is 20.2. The van der Waals surface area contributed by atoms with Crippen molar-refractivity contribution in [1.29, 1.82) is 0 Å². The van der Waals surface area contributed by atoms with Crippen molar-refractivity contribution >= 4 is 24.8 Å². The molecular formula is C25H27FOSi. The molecule has 0 amide bonds. The molecule has 0 aliphatic heterocycles. The van der Waals surface area contributed by atoms with Gasteiger partial charge in [0.25, 0.3) is 8.32 Å². The van der Waals surface area contributed by atoms with E-state index in [0.717, 1.165) is 11.1 Å². The molecule has 0 aliphatic carbocycles. The quantitative estimate of drug-likeness (QED) is 0.502. The van der Waals surface area contributed by atoms with Gasteiger partial charge in [0.2, 0.25) is 0 Å². The Morgan fingerprint density at radius 2 is 1.43 bits per heavy atom. The lowest BCUT2D eigenvalue weighted by molar-refractivity contribution is 0.285. The van der Waals surface area contributed by atoms with Crippen molar-refractivity contribution in [3.8, 4) is 0 Å². The van der Waals surface area contributed by atoms with Gasteiger partial charge in [0, 0.05) is 0 Å². The maximum atomic E-state index is 13.9. The number of rotatable bonds is 6. The van der Waals surface area contributed by atoms with Crippen LogP contribution in [0.1, 0.15) is 31.9 Å². The Labute approximate surface area is 168 Å². The summed E-state index contributed by atoms with van der Waals surface area (Å²) in [5.41, 5.74) is 1.72. The Bertz CT molecular complexity index is 890. The Balaban J connectivity index is 2.14. The van der Waals surface area contributed by atoms with Crippen LogP contribution in [0.3, 0.4) is 0 Å². The summed E-state index contributed by atoms with van der Waals surface area (Å²) >= 11 is 0. The molecule has 3 aromatic rings. The van der Waals surface area contributed by atoms with Gasteiger partial charge in [-0.25, -0.2) is 4.39 Å². The Morgan fingerprint density at radius 3 is 1.89 bits per heavy atom. The van der Waals surface area contributed by atoms with Crippen LogP contribution >= 0.6 is 0 Å². The molecule has 28 heavy (non-hydrogen) atoms. The number of halogens is 1. The standard InChI is InChI=1S/C25H27FOSi/c1-5-20-16-17-22(26)18-21(20)19-27-28(25(2,3)4,23-12-8-6-9-13-23)24-14-10-7-11-15-24/h5-18H,1,19H2,2-4H3. The number of benzene rings is 3. The molecule has 0 heterocycles. The van der Waals surface area contributed by atoms with E-state index in [1.807, 2.05) is 12.1 Å². The first-order valence-electron chi connectivity index (χ1n) is 9.54. The normalized spacial score (nSPS) is 12.0. The first-order valence-corrected chi connectivity index (χ1v) is 11.4. The van der Waals surface area contributed by atoms with Crippen molar-refractivity contribution < 1.29 is 8.82 Å². The third-order valence-corrected chi connectivity index (χ3v) is 10.2. The fourth-order valence-corrected chi connectivity index (χ4v) is 8.37. The minimum absolute atomic E-state index is 0.114. The molecule has 3 heteroatoms. The van der Waals surface area contributed by atoms with Crippen LogP contribution in [0.5, 0.6) is 0 Å².